The lowest BCUT2D eigenvalue weighted by Crippen LogP contribution is -2.17. The number of benzene rings is 2. The highest BCUT2D eigenvalue weighted by molar-refractivity contribution is 9.10. The first kappa shape index (κ1) is 18.9. The summed E-state index contributed by atoms with van der Waals surface area (Å²) in [6.07, 6.45) is 1.79. The zero-order chi connectivity index (χ0) is 18.5. The average molecular weight is 450 g/mol. The van der Waals surface area contributed by atoms with E-state index in [1.54, 1.807) is 6.08 Å². The summed E-state index contributed by atoms with van der Waals surface area (Å²) < 4.78 is 13.1. The molecule has 2 aromatic carbocycles. The number of carbonyl (C=O) groups is 1. The second kappa shape index (κ2) is 8.70. The van der Waals surface area contributed by atoms with Gasteiger partial charge in [-0.05, 0) is 48.4 Å². The van der Waals surface area contributed by atoms with Gasteiger partial charge in [-0.15, -0.1) is 0 Å². The van der Waals surface area contributed by atoms with E-state index < -0.39 is 0 Å². The van der Waals surface area contributed by atoms with Crippen LogP contribution in [0.15, 0.2) is 51.8 Å². The highest BCUT2D eigenvalue weighted by atomic mass is 79.9. The van der Waals surface area contributed by atoms with Crippen LogP contribution in [0.4, 0.5) is 0 Å². The second-order valence-corrected chi connectivity index (χ2v) is 8.04. The Morgan fingerprint density at radius 3 is 2.58 bits per heavy atom. The molecular weight excluding hydrogens is 434 g/mol. The van der Waals surface area contributed by atoms with Gasteiger partial charge >= 0.3 is 0 Å². The number of rotatable bonds is 6. The van der Waals surface area contributed by atoms with Crippen molar-refractivity contribution in [1.29, 1.82) is 0 Å². The maximum absolute atomic E-state index is 11.8. The van der Waals surface area contributed by atoms with Crippen LogP contribution in [0, 0.1) is 0 Å². The second-order valence-electron chi connectivity index (χ2n) is 5.41. The molecular formula is C19H16BrNO3S2. The van der Waals surface area contributed by atoms with Gasteiger partial charge in [0.1, 0.15) is 10.9 Å². The molecule has 1 aliphatic heterocycles. The summed E-state index contributed by atoms with van der Waals surface area (Å²) in [5, 5.41) is 2.61. The van der Waals surface area contributed by atoms with Crippen molar-refractivity contribution in [3.8, 4) is 11.5 Å². The van der Waals surface area contributed by atoms with E-state index in [2.05, 4.69) is 21.2 Å². The van der Waals surface area contributed by atoms with Crippen LogP contribution in [-0.2, 0) is 11.4 Å². The van der Waals surface area contributed by atoms with Crippen LogP contribution in [-0.4, -0.2) is 16.8 Å². The summed E-state index contributed by atoms with van der Waals surface area (Å²) in [6.45, 7) is 2.89. The summed E-state index contributed by atoms with van der Waals surface area (Å²) >= 11 is 9.69. The van der Waals surface area contributed by atoms with Gasteiger partial charge in [0.05, 0.1) is 11.5 Å². The maximum Gasteiger partial charge on any atom is 0.263 e. The van der Waals surface area contributed by atoms with Gasteiger partial charge in [-0.2, -0.15) is 0 Å². The Hall–Kier alpha value is -1.83. The highest BCUT2D eigenvalue weighted by Crippen LogP contribution is 2.32. The van der Waals surface area contributed by atoms with Crippen molar-refractivity contribution in [3.05, 3.63) is 63.0 Å². The number of nitrogens with one attached hydrogen (secondary N) is 1. The minimum Gasteiger partial charge on any atom is -0.490 e. The van der Waals surface area contributed by atoms with Crippen LogP contribution in [0.5, 0.6) is 11.5 Å². The molecule has 1 amide bonds. The molecule has 0 aromatic heterocycles. The van der Waals surface area contributed by atoms with Gasteiger partial charge in [0, 0.05) is 4.47 Å². The molecule has 2 aromatic rings. The van der Waals surface area contributed by atoms with E-state index in [0.717, 1.165) is 15.6 Å². The van der Waals surface area contributed by atoms with Crippen molar-refractivity contribution >= 4 is 56.2 Å². The quantitative estimate of drug-likeness (QED) is 0.501. The summed E-state index contributed by atoms with van der Waals surface area (Å²) in [5.74, 6) is 1.13. The first-order valence-corrected chi connectivity index (χ1v) is 9.96. The lowest BCUT2D eigenvalue weighted by atomic mass is 10.2. The number of amides is 1. The van der Waals surface area contributed by atoms with Crippen molar-refractivity contribution in [3.63, 3.8) is 0 Å². The Balaban J connectivity index is 1.78. The Labute approximate surface area is 170 Å². The van der Waals surface area contributed by atoms with Gasteiger partial charge in [-0.3, -0.25) is 4.79 Å². The molecule has 3 rings (SSSR count). The van der Waals surface area contributed by atoms with Crippen LogP contribution in [0.1, 0.15) is 18.1 Å². The van der Waals surface area contributed by atoms with Crippen LogP contribution in [0.2, 0.25) is 0 Å². The van der Waals surface area contributed by atoms with E-state index in [4.69, 9.17) is 21.7 Å². The van der Waals surface area contributed by atoms with Gasteiger partial charge in [0.15, 0.2) is 11.5 Å². The van der Waals surface area contributed by atoms with Gasteiger partial charge in [-0.1, -0.05) is 58.1 Å². The van der Waals surface area contributed by atoms with Crippen LogP contribution < -0.4 is 14.8 Å². The number of ether oxygens (including phenoxy) is 2. The molecule has 1 saturated heterocycles. The van der Waals surface area contributed by atoms with Crippen LogP contribution in [0.25, 0.3) is 6.08 Å². The lowest BCUT2D eigenvalue weighted by molar-refractivity contribution is -0.115. The third-order valence-electron chi connectivity index (χ3n) is 3.52. The third-order valence-corrected chi connectivity index (χ3v) is 5.21. The Bertz CT molecular complexity index is 866. The van der Waals surface area contributed by atoms with E-state index in [0.29, 0.717) is 33.9 Å². The average Bonchev–Trinajstić information content (AvgIpc) is 2.93. The highest BCUT2D eigenvalue weighted by Gasteiger charge is 2.22. The predicted molar refractivity (Wildman–Crippen MR) is 112 cm³/mol. The predicted octanol–water partition coefficient (Wildman–Crippen LogP) is 4.92. The molecule has 0 aliphatic carbocycles. The first-order chi connectivity index (χ1) is 12.5. The molecule has 7 heteroatoms. The number of thioether (sulfide) groups is 1. The standard InChI is InChI=1S/C19H16BrNO3S2/c1-2-23-16-9-13(10-17-18(22)21-19(25)26-17)5-8-15(16)24-11-12-3-6-14(20)7-4-12/h3-10H,2,11H2,1H3,(H,21,22,25). The molecule has 0 unspecified atom stereocenters. The molecule has 26 heavy (non-hydrogen) atoms. The summed E-state index contributed by atoms with van der Waals surface area (Å²) in [7, 11) is 0. The first-order valence-electron chi connectivity index (χ1n) is 7.94. The van der Waals surface area contributed by atoms with E-state index in [9.17, 15) is 4.79 Å². The molecule has 0 bridgehead atoms. The van der Waals surface area contributed by atoms with E-state index >= 15 is 0 Å². The normalized spacial score (nSPS) is 15.2. The zero-order valence-electron chi connectivity index (χ0n) is 14.0. The molecule has 134 valence electrons. The van der Waals surface area contributed by atoms with Gasteiger partial charge in [0.25, 0.3) is 5.91 Å². The molecule has 1 heterocycles. The van der Waals surface area contributed by atoms with Crippen molar-refractivity contribution < 1.29 is 14.3 Å². The van der Waals surface area contributed by atoms with E-state index in [1.165, 1.54) is 11.8 Å². The SMILES string of the molecule is CCOc1cc(C=C2SC(=S)NC2=O)ccc1OCc1ccc(Br)cc1. The fourth-order valence-corrected chi connectivity index (χ4v) is 3.62. The monoisotopic (exact) mass is 449 g/mol. The number of thiocarbonyl (C=S) groups is 1. The third kappa shape index (κ3) is 4.87. The van der Waals surface area contributed by atoms with Crippen molar-refractivity contribution in [2.75, 3.05) is 6.61 Å². The van der Waals surface area contributed by atoms with Gasteiger partial charge in [-0.25, -0.2) is 0 Å². The Kier molecular flexibility index (Phi) is 6.34. The molecule has 0 atom stereocenters. The minimum absolute atomic E-state index is 0.173. The van der Waals surface area contributed by atoms with Crippen LogP contribution in [0.3, 0.4) is 0 Å². The summed E-state index contributed by atoms with van der Waals surface area (Å²) in [5.41, 5.74) is 1.92. The molecule has 1 N–H and O–H groups in total. The number of halogens is 1. The fourth-order valence-electron chi connectivity index (χ4n) is 2.32. The molecule has 4 nitrogen and oxygen atoms in total. The molecule has 0 radical (unpaired) electrons. The topological polar surface area (TPSA) is 47.6 Å². The largest absolute Gasteiger partial charge is 0.490 e. The summed E-state index contributed by atoms with van der Waals surface area (Å²) in [4.78, 5) is 12.4. The van der Waals surface area contributed by atoms with Crippen molar-refractivity contribution in [2.24, 2.45) is 0 Å². The van der Waals surface area contributed by atoms with Crippen LogP contribution >= 0.6 is 39.9 Å². The Morgan fingerprint density at radius 1 is 1.15 bits per heavy atom. The minimum atomic E-state index is -0.173. The molecule has 0 spiro atoms. The molecule has 1 fully saturated rings. The Morgan fingerprint density at radius 2 is 1.92 bits per heavy atom. The smallest absolute Gasteiger partial charge is 0.263 e. The van der Waals surface area contributed by atoms with Crippen molar-refractivity contribution in [2.45, 2.75) is 13.5 Å². The van der Waals surface area contributed by atoms with E-state index in [-0.39, 0.29) is 5.91 Å². The van der Waals surface area contributed by atoms with Gasteiger partial charge < -0.3 is 14.8 Å². The maximum atomic E-state index is 11.8. The van der Waals surface area contributed by atoms with Gasteiger partial charge in [0.2, 0.25) is 0 Å². The van der Waals surface area contributed by atoms with E-state index in [1.807, 2.05) is 49.4 Å². The molecule has 1 aliphatic rings. The zero-order valence-corrected chi connectivity index (χ0v) is 17.2. The fraction of sp³-hybridized carbons (Fsp3) is 0.158. The molecule has 0 saturated carbocycles. The van der Waals surface area contributed by atoms with Crippen molar-refractivity contribution in [1.82, 2.24) is 5.32 Å². The number of carbonyl (C=O) groups excluding carboxylic acids is 1. The number of hydrogen-bond acceptors (Lipinski definition) is 5. The summed E-state index contributed by atoms with van der Waals surface area (Å²) in [6, 6.07) is 13.6. The number of hydrogen-bond donors (Lipinski definition) is 1. The lowest BCUT2D eigenvalue weighted by Gasteiger charge is -2.13.